The van der Waals surface area contributed by atoms with Gasteiger partial charge in [-0.1, -0.05) is 11.6 Å². The molecule has 1 aromatic rings. The largest absolute Gasteiger partial charge is 0.371 e. The number of nitrogens with zero attached hydrogens (tertiary/aromatic N) is 1. The smallest absolute Gasteiger partial charge is 0.243 e. The van der Waals surface area contributed by atoms with E-state index in [9.17, 15) is 4.79 Å². The molecule has 1 atom stereocenters. The summed E-state index contributed by atoms with van der Waals surface area (Å²) in [4.78, 5) is 14.2. The van der Waals surface area contributed by atoms with Gasteiger partial charge in [-0.2, -0.15) is 0 Å². The number of nitrogens with two attached hydrogens (primary N) is 1. The standard InChI is InChI=1S/C14H20ClN3O/c1-18-9-2-7-14(8-10-18,13(16)19)17-12-5-3-11(15)4-6-12/h3-6,17H,2,7-10H2,1H3,(H2,16,19). The van der Waals surface area contributed by atoms with Gasteiger partial charge in [0.2, 0.25) is 5.91 Å². The molecule has 0 aromatic heterocycles. The Hall–Kier alpha value is -1.26. The SMILES string of the molecule is CN1CCCC(Nc2ccc(Cl)cc2)(C(N)=O)CC1. The number of carbonyl (C=O) groups is 1. The third-order valence-corrected chi connectivity index (χ3v) is 4.02. The molecule has 0 aliphatic carbocycles. The molecule has 1 aliphatic rings. The lowest BCUT2D eigenvalue weighted by molar-refractivity contribution is -0.122. The molecule has 5 heteroatoms. The molecule has 1 unspecified atom stereocenters. The minimum atomic E-state index is -0.654. The topological polar surface area (TPSA) is 58.4 Å². The second-order valence-corrected chi connectivity index (χ2v) is 5.67. The van der Waals surface area contributed by atoms with Crippen LogP contribution in [0, 0.1) is 0 Å². The van der Waals surface area contributed by atoms with Crippen molar-refractivity contribution in [1.29, 1.82) is 0 Å². The number of primary amides is 1. The van der Waals surface area contributed by atoms with Crippen molar-refractivity contribution in [3.05, 3.63) is 29.3 Å². The Morgan fingerprint density at radius 3 is 2.63 bits per heavy atom. The van der Waals surface area contributed by atoms with E-state index in [0.29, 0.717) is 5.02 Å². The summed E-state index contributed by atoms with van der Waals surface area (Å²) < 4.78 is 0. The molecule has 19 heavy (non-hydrogen) atoms. The van der Waals surface area contributed by atoms with Crippen molar-refractivity contribution in [2.75, 3.05) is 25.5 Å². The number of amides is 1. The summed E-state index contributed by atoms with van der Waals surface area (Å²) in [6.07, 6.45) is 2.44. The first-order valence-electron chi connectivity index (χ1n) is 6.54. The molecule has 1 aliphatic heterocycles. The van der Waals surface area contributed by atoms with Crippen LogP contribution in [0.5, 0.6) is 0 Å². The molecule has 0 saturated carbocycles. The van der Waals surface area contributed by atoms with Gasteiger partial charge in [-0.3, -0.25) is 4.79 Å². The van der Waals surface area contributed by atoms with Gasteiger partial charge in [-0.25, -0.2) is 0 Å². The predicted octanol–water partition coefficient (Wildman–Crippen LogP) is 2.09. The molecule has 0 bridgehead atoms. The second-order valence-electron chi connectivity index (χ2n) is 5.24. The number of anilines is 1. The minimum Gasteiger partial charge on any atom is -0.371 e. The van der Waals surface area contributed by atoms with Gasteiger partial charge in [0.15, 0.2) is 0 Å². The monoisotopic (exact) mass is 281 g/mol. The fourth-order valence-corrected chi connectivity index (χ4v) is 2.64. The van der Waals surface area contributed by atoms with E-state index in [1.807, 2.05) is 12.1 Å². The predicted molar refractivity (Wildman–Crippen MR) is 78.3 cm³/mol. The molecule has 1 fully saturated rings. The van der Waals surface area contributed by atoms with Crippen molar-refractivity contribution >= 4 is 23.2 Å². The fraction of sp³-hybridized carbons (Fsp3) is 0.500. The highest BCUT2D eigenvalue weighted by Gasteiger charge is 2.37. The Labute approximate surface area is 118 Å². The number of rotatable bonds is 3. The highest BCUT2D eigenvalue weighted by atomic mass is 35.5. The van der Waals surface area contributed by atoms with Crippen LogP contribution in [0.3, 0.4) is 0 Å². The normalized spacial score (nSPS) is 24.7. The lowest BCUT2D eigenvalue weighted by atomic mass is 9.89. The Kier molecular flexibility index (Phi) is 4.32. The van der Waals surface area contributed by atoms with Crippen LogP contribution in [-0.2, 0) is 4.79 Å². The lowest BCUT2D eigenvalue weighted by Gasteiger charge is -2.31. The summed E-state index contributed by atoms with van der Waals surface area (Å²) in [6.45, 7) is 1.86. The van der Waals surface area contributed by atoms with E-state index in [-0.39, 0.29) is 5.91 Å². The van der Waals surface area contributed by atoms with Crippen molar-refractivity contribution in [3.63, 3.8) is 0 Å². The Balaban J connectivity index is 2.19. The van der Waals surface area contributed by atoms with Gasteiger partial charge in [0, 0.05) is 17.3 Å². The van der Waals surface area contributed by atoms with Gasteiger partial charge in [0.05, 0.1) is 0 Å². The van der Waals surface area contributed by atoms with Gasteiger partial charge in [-0.05, 0) is 57.1 Å². The maximum Gasteiger partial charge on any atom is 0.243 e. The maximum atomic E-state index is 11.9. The van der Waals surface area contributed by atoms with E-state index >= 15 is 0 Å². The first-order valence-corrected chi connectivity index (χ1v) is 6.92. The van der Waals surface area contributed by atoms with Crippen LogP contribution >= 0.6 is 11.6 Å². The molecule has 0 radical (unpaired) electrons. The molecule has 1 aromatic carbocycles. The molecule has 2 rings (SSSR count). The van der Waals surface area contributed by atoms with E-state index in [0.717, 1.165) is 38.0 Å². The summed E-state index contributed by atoms with van der Waals surface area (Å²) in [5, 5.41) is 4.00. The van der Waals surface area contributed by atoms with Gasteiger partial charge < -0.3 is 16.0 Å². The van der Waals surface area contributed by atoms with Crippen LogP contribution < -0.4 is 11.1 Å². The molecule has 104 valence electrons. The number of likely N-dealkylation sites (tertiary alicyclic amines) is 1. The maximum absolute atomic E-state index is 11.9. The van der Waals surface area contributed by atoms with Crippen LogP contribution in [0.4, 0.5) is 5.69 Å². The highest BCUT2D eigenvalue weighted by molar-refractivity contribution is 6.30. The molecule has 1 amide bonds. The van der Waals surface area contributed by atoms with Crippen molar-refractivity contribution in [2.45, 2.75) is 24.8 Å². The van der Waals surface area contributed by atoms with Crippen molar-refractivity contribution < 1.29 is 4.79 Å². The molecule has 4 nitrogen and oxygen atoms in total. The molecule has 1 heterocycles. The van der Waals surface area contributed by atoms with Crippen LogP contribution in [0.1, 0.15) is 19.3 Å². The summed E-state index contributed by atoms with van der Waals surface area (Å²) in [7, 11) is 2.07. The van der Waals surface area contributed by atoms with Crippen molar-refractivity contribution in [3.8, 4) is 0 Å². The fourth-order valence-electron chi connectivity index (χ4n) is 2.51. The third-order valence-electron chi connectivity index (χ3n) is 3.76. The van der Waals surface area contributed by atoms with Crippen LogP contribution in [0.2, 0.25) is 5.02 Å². The zero-order valence-corrected chi connectivity index (χ0v) is 11.9. The zero-order valence-electron chi connectivity index (χ0n) is 11.2. The summed E-state index contributed by atoms with van der Waals surface area (Å²) in [5.41, 5.74) is 5.88. The highest BCUT2D eigenvalue weighted by Crippen LogP contribution is 2.27. The Bertz CT molecular complexity index is 449. The number of halogens is 1. The molecule has 0 spiro atoms. The van der Waals surface area contributed by atoms with Crippen LogP contribution in [0.15, 0.2) is 24.3 Å². The summed E-state index contributed by atoms with van der Waals surface area (Å²) >= 11 is 5.87. The first kappa shape index (κ1) is 14.2. The second kappa shape index (κ2) is 5.80. The molecular weight excluding hydrogens is 262 g/mol. The zero-order chi connectivity index (χ0) is 13.9. The minimum absolute atomic E-state index is 0.280. The Morgan fingerprint density at radius 2 is 2.00 bits per heavy atom. The first-order chi connectivity index (χ1) is 9.02. The molecule has 1 saturated heterocycles. The average Bonchev–Trinajstić information content (AvgIpc) is 2.56. The average molecular weight is 282 g/mol. The summed E-state index contributed by atoms with van der Waals surface area (Å²) in [5.74, 6) is -0.280. The van der Waals surface area contributed by atoms with Crippen LogP contribution in [0.25, 0.3) is 0 Å². The van der Waals surface area contributed by atoms with E-state index < -0.39 is 5.54 Å². The lowest BCUT2D eigenvalue weighted by Crippen LogP contribution is -2.51. The van der Waals surface area contributed by atoms with Crippen molar-refractivity contribution in [1.82, 2.24) is 4.90 Å². The van der Waals surface area contributed by atoms with E-state index in [1.165, 1.54) is 0 Å². The van der Waals surface area contributed by atoms with E-state index in [4.69, 9.17) is 17.3 Å². The number of benzene rings is 1. The number of hydrogen-bond donors (Lipinski definition) is 2. The number of carbonyl (C=O) groups excluding carboxylic acids is 1. The molecular formula is C14H20ClN3O. The van der Waals surface area contributed by atoms with Gasteiger partial charge >= 0.3 is 0 Å². The van der Waals surface area contributed by atoms with Crippen LogP contribution in [-0.4, -0.2) is 36.5 Å². The quantitative estimate of drug-likeness (QED) is 0.892. The summed E-state index contributed by atoms with van der Waals surface area (Å²) in [6, 6.07) is 7.37. The van der Waals surface area contributed by atoms with Gasteiger partial charge in [0.25, 0.3) is 0 Å². The van der Waals surface area contributed by atoms with E-state index in [2.05, 4.69) is 17.3 Å². The Morgan fingerprint density at radius 1 is 1.32 bits per heavy atom. The van der Waals surface area contributed by atoms with Gasteiger partial charge in [0.1, 0.15) is 5.54 Å². The number of nitrogens with one attached hydrogen (secondary N) is 1. The third kappa shape index (κ3) is 3.39. The van der Waals surface area contributed by atoms with Crippen molar-refractivity contribution in [2.24, 2.45) is 5.73 Å². The molecule has 3 N–H and O–H groups in total. The van der Waals surface area contributed by atoms with Gasteiger partial charge in [-0.15, -0.1) is 0 Å². The number of hydrogen-bond acceptors (Lipinski definition) is 3. The van der Waals surface area contributed by atoms with E-state index in [1.54, 1.807) is 12.1 Å².